The normalized spacial score (nSPS) is 63.3. The molecule has 3 heteroatoms. The first-order valence-corrected chi connectivity index (χ1v) is 13.6. The van der Waals surface area contributed by atoms with Crippen LogP contribution in [0.2, 0.25) is 0 Å². The summed E-state index contributed by atoms with van der Waals surface area (Å²) < 4.78 is 13.4. The molecule has 176 valence electrons. The molecule has 12 atom stereocenters. The molecule has 0 aromatic rings. The minimum absolute atomic E-state index is 0.286. The van der Waals surface area contributed by atoms with Crippen molar-refractivity contribution >= 4 is 0 Å². The molecule has 31 heavy (non-hydrogen) atoms. The second-order valence-corrected chi connectivity index (χ2v) is 13.9. The average Bonchev–Trinajstić information content (AvgIpc) is 3.16. The molecule has 6 fully saturated rings. The molecule has 3 nitrogen and oxygen atoms in total. The molecule has 4 aliphatic carbocycles. The average molecular weight is 431 g/mol. The molecule has 2 aliphatic heterocycles. The molecule has 0 amide bonds. The third-order valence-corrected chi connectivity index (χ3v) is 12.2. The van der Waals surface area contributed by atoms with Crippen LogP contribution in [0.1, 0.15) is 98.8 Å². The van der Waals surface area contributed by atoms with E-state index in [9.17, 15) is 5.11 Å². The summed E-state index contributed by atoms with van der Waals surface area (Å²) in [6.45, 7) is 13.0. The van der Waals surface area contributed by atoms with Crippen LogP contribution in [0.5, 0.6) is 0 Å². The number of rotatable bonds is 0. The van der Waals surface area contributed by atoms with Crippen molar-refractivity contribution in [1.82, 2.24) is 0 Å². The van der Waals surface area contributed by atoms with Crippen molar-refractivity contribution in [3.8, 4) is 0 Å². The topological polar surface area (TPSA) is 38.7 Å². The summed E-state index contributed by atoms with van der Waals surface area (Å²) in [6, 6.07) is 0. The van der Waals surface area contributed by atoms with E-state index in [1.807, 2.05) is 0 Å². The van der Waals surface area contributed by atoms with E-state index in [0.29, 0.717) is 34.7 Å². The zero-order valence-electron chi connectivity index (χ0n) is 20.7. The quantitative estimate of drug-likeness (QED) is 0.498. The number of aliphatic hydroxyl groups is 1. The third kappa shape index (κ3) is 2.88. The highest BCUT2D eigenvalue weighted by Gasteiger charge is 2.69. The van der Waals surface area contributed by atoms with E-state index < -0.39 is 5.60 Å². The molecule has 1 unspecified atom stereocenters. The van der Waals surface area contributed by atoms with Crippen LogP contribution in [-0.2, 0) is 9.47 Å². The van der Waals surface area contributed by atoms with Crippen molar-refractivity contribution in [2.75, 3.05) is 6.61 Å². The molecule has 6 rings (SSSR count). The first kappa shape index (κ1) is 21.4. The SMILES string of the molecule is CC1CC[C@@]2(OC1)O[C@H]1C[C@H]3[C@@H]4CC[C@@H]5C[C@](C)(O)CC[C@]5(C)[C@H]4CC[C@]3(C)[C@H]1[C@@H]2C. The van der Waals surface area contributed by atoms with Crippen molar-refractivity contribution in [2.24, 2.45) is 52.3 Å². The molecule has 0 radical (unpaired) electrons. The summed E-state index contributed by atoms with van der Waals surface area (Å²) in [5.74, 6) is 4.85. The lowest BCUT2D eigenvalue weighted by Crippen LogP contribution is -2.56. The van der Waals surface area contributed by atoms with Crippen LogP contribution in [-0.4, -0.2) is 29.2 Å². The van der Waals surface area contributed by atoms with Gasteiger partial charge < -0.3 is 14.6 Å². The zero-order valence-corrected chi connectivity index (χ0v) is 20.7. The maximum absolute atomic E-state index is 10.8. The predicted octanol–water partition coefficient (Wildman–Crippen LogP) is 6.18. The summed E-state index contributed by atoms with van der Waals surface area (Å²) in [5, 5.41) is 10.8. The zero-order chi connectivity index (χ0) is 21.8. The molecule has 4 saturated carbocycles. The van der Waals surface area contributed by atoms with Gasteiger partial charge in [0.1, 0.15) is 0 Å². The molecule has 0 bridgehead atoms. The minimum Gasteiger partial charge on any atom is -0.390 e. The number of ether oxygens (including phenoxy) is 2. The Hall–Kier alpha value is -0.120. The third-order valence-electron chi connectivity index (χ3n) is 12.2. The fraction of sp³-hybridized carbons (Fsp3) is 1.00. The van der Waals surface area contributed by atoms with Crippen LogP contribution in [0.3, 0.4) is 0 Å². The lowest BCUT2D eigenvalue weighted by Gasteiger charge is -2.62. The van der Waals surface area contributed by atoms with Gasteiger partial charge in [-0.2, -0.15) is 0 Å². The maximum Gasteiger partial charge on any atom is 0.171 e. The van der Waals surface area contributed by atoms with E-state index in [1.165, 1.54) is 44.9 Å². The Morgan fingerprint density at radius 2 is 1.65 bits per heavy atom. The highest BCUT2D eigenvalue weighted by molar-refractivity contribution is 5.15. The Balaban J connectivity index is 1.25. The molecule has 2 heterocycles. The summed E-state index contributed by atoms with van der Waals surface area (Å²) in [4.78, 5) is 0. The molecule has 1 spiro atoms. The van der Waals surface area contributed by atoms with Gasteiger partial charge >= 0.3 is 0 Å². The Morgan fingerprint density at radius 1 is 0.839 bits per heavy atom. The first-order valence-electron chi connectivity index (χ1n) is 13.6. The largest absolute Gasteiger partial charge is 0.390 e. The fourth-order valence-corrected chi connectivity index (χ4v) is 10.4. The standard InChI is InChI=1S/C28H46O3/c1-17-8-11-28(30-16-17)18(2)24-23(31-28)14-22-20-7-6-19-15-25(3,29)12-13-26(19,4)21(20)9-10-27(22,24)5/h17-24,29H,6-16H2,1-5H3/t17?,18-,19+,20+,21-,22-,23-,24-,25+,26-,27-,28+/m0/s1. The molecular weight excluding hydrogens is 384 g/mol. The van der Waals surface area contributed by atoms with Gasteiger partial charge in [-0.15, -0.1) is 0 Å². The van der Waals surface area contributed by atoms with Gasteiger partial charge in [0, 0.05) is 12.3 Å². The Labute approximate surface area is 190 Å². The van der Waals surface area contributed by atoms with Crippen molar-refractivity contribution in [3.05, 3.63) is 0 Å². The lowest BCUT2D eigenvalue weighted by atomic mass is 9.43. The van der Waals surface area contributed by atoms with E-state index >= 15 is 0 Å². The lowest BCUT2D eigenvalue weighted by molar-refractivity contribution is -0.273. The van der Waals surface area contributed by atoms with Gasteiger partial charge in [-0.3, -0.25) is 0 Å². The van der Waals surface area contributed by atoms with Crippen molar-refractivity contribution in [2.45, 2.75) is 116 Å². The van der Waals surface area contributed by atoms with Gasteiger partial charge in [-0.1, -0.05) is 27.7 Å². The smallest absolute Gasteiger partial charge is 0.171 e. The van der Waals surface area contributed by atoms with E-state index in [0.717, 1.165) is 49.5 Å². The van der Waals surface area contributed by atoms with Gasteiger partial charge in [0.05, 0.1) is 18.3 Å². The van der Waals surface area contributed by atoms with Gasteiger partial charge in [-0.25, -0.2) is 0 Å². The van der Waals surface area contributed by atoms with Crippen molar-refractivity contribution in [3.63, 3.8) is 0 Å². The number of hydrogen-bond donors (Lipinski definition) is 1. The van der Waals surface area contributed by atoms with Crippen LogP contribution >= 0.6 is 0 Å². The Bertz CT molecular complexity index is 724. The summed E-state index contributed by atoms with van der Waals surface area (Å²) in [7, 11) is 0. The number of fused-ring (bicyclic) bond motifs is 7. The van der Waals surface area contributed by atoms with Crippen molar-refractivity contribution < 1.29 is 14.6 Å². The molecule has 6 aliphatic rings. The van der Waals surface area contributed by atoms with Crippen LogP contribution in [0.25, 0.3) is 0 Å². The number of hydrogen-bond acceptors (Lipinski definition) is 3. The van der Waals surface area contributed by atoms with E-state index in [-0.39, 0.29) is 5.79 Å². The summed E-state index contributed by atoms with van der Waals surface area (Å²) in [6.07, 6.45) is 12.8. The summed E-state index contributed by atoms with van der Waals surface area (Å²) in [5.41, 5.74) is 0.435. The van der Waals surface area contributed by atoms with Crippen molar-refractivity contribution in [1.29, 1.82) is 0 Å². The molecule has 1 N–H and O–H groups in total. The minimum atomic E-state index is -0.431. The molecule has 2 saturated heterocycles. The van der Waals surface area contributed by atoms with Gasteiger partial charge in [0.25, 0.3) is 0 Å². The van der Waals surface area contributed by atoms with E-state index in [1.54, 1.807) is 0 Å². The van der Waals surface area contributed by atoms with Gasteiger partial charge in [-0.05, 0) is 111 Å². The van der Waals surface area contributed by atoms with Gasteiger partial charge in [0.2, 0.25) is 0 Å². The summed E-state index contributed by atoms with van der Waals surface area (Å²) >= 11 is 0. The molecule has 0 aromatic carbocycles. The van der Waals surface area contributed by atoms with Crippen LogP contribution in [0.15, 0.2) is 0 Å². The molecule has 0 aromatic heterocycles. The van der Waals surface area contributed by atoms with Crippen LogP contribution < -0.4 is 0 Å². The van der Waals surface area contributed by atoms with E-state index in [4.69, 9.17) is 9.47 Å². The monoisotopic (exact) mass is 430 g/mol. The fourth-order valence-electron chi connectivity index (χ4n) is 10.4. The first-order chi connectivity index (χ1) is 14.6. The highest BCUT2D eigenvalue weighted by atomic mass is 16.7. The maximum atomic E-state index is 10.8. The van der Waals surface area contributed by atoms with E-state index in [2.05, 4.69) is 34.6 Å². The Kier molecular flexibility index (Phi) is 4.65. The second-order valence-electron chi connectivity index (χ2n) is 13.9. The highest BCUT2D eigenvalue weighted by Crippen LogP contribution is 2.71. The Morgan fingerprint density at radius 3 is 2.39 bits per heavy atom. The van der Waals surface area contributed by atoms with Crippen LogP contribution in [0, 0.1) is 52.3 Å². The predicted molar refractivity (Wildman–Crippen MR) is 122 cm³/mol. The van der Waals surface area contributed by atoms with Crippen LogP contribution in [0.4, 0.5) is 0 Å². The van der Waals surface area contributed by atoms with Gasteiger partial charge in [0.15, 0.2) is 5.79 Å². The molecular formula is C28H46O3. The second kappa shape index (κ2) is 6.72.